The van der Waals surface area contributed by atoms with Gasteiger partial charge in [0.05, 0.1) is 17.5 Å². The highest BCUT2D eigenvalue weighted by Crippen LogP contribution is 2.31. The molecule has 2 heterocycles. The average molecular weight is 453 g/mol. The number of aryl methyl sites for hydroxylation is 1. The third-order valence-corrected chi connectivity index (χ3v) is 8.93. The first kappa shape index (κ1) is 20.6. The van der Waals surface area contributed by atoms with E-state index in [0.717, 1.165) is 0 Å². The van der Waals surface area contributed by atoms with E-state index in [4.69, 9.17) is 23.2 Å². The summed E-state index contributed by atoms with van der Waals surface area (Å²) < 4.78 is 53.8. The van der Waals surface area contributed by atoms with Crippen LogP contribution >= 0.6 is 23.2 Å². The number of nitrogens with one attached hydrogen (secondary N) is 1. The van der Waals surface area contributed by atoms with Gasteiger partial charge >= 0.3 is 0 Å². The van der Waals surface area contributed by atoms with Gasteiger partial charge in [0.2, 0.25) is 10.0 Å². The summed E-state index contributed by atoms with van der Waals surface area (Å²) in [7, 11) is -7.62. The van der Waals surface area contributed by atoms with Crippen molar-refractivity contribution in [3.63, 3.8) is 0 Å². The van der Waals surface area contributed by atoms with Crippen molar-refractivity contribution in [3.05, 3.63) is 40.3 Å². The van der Waals surface area contributed by atoms with Crippen molar-refractivity contribution in [2.45, 2.75) is 23.3 Å². The van der Waals surface area contributed by atoms with Crippen molar-refractivity contribution in [2.24, 2.45) is 0 Å². The van der Waals surface area contributed by atoms with E-state index in [1.54, 1.807) is 6.92 Å². The normalized spacial score (nSPS) is 17.7. The summed E-state index contributed by atoms with van der Waals surface area (Å²) in [4.78, 5) is 6.28. The lowest BCUT2D eigenvalue weighted by molar-refractivity contribution is 0.403. The van der Waals surface area contributed by atoms with E-state index in [-0.39, 0.29) is 41.1 Å². The molecule has 1 aromatic heterocycles. The van der Waals surface area contributed by atoms with E-state index in [1.165, 1.54) is 33.3 Å². The lowest BCUT2D eigenvalue weighted by Gasteiger charge is -2.22. The van der Waals surface area contributed by atoms with Crippen LogP contribution in [-0.4, -0.2) is 61.6 Å². The molecule has 1 aromatic carbocycles. The number of imidazole rings is 1. The molecule has 0 bridgehead atoms. The van der Waals surface area contributed by atoms with E-state index < -0.39 is 20.0 Å². The summed E-state index contributed by atoms with van der Waals surface area (Å²) in [5, 5.41) is 0.401. The van der Waals surface area contributed by atoms with Gasteiger partial charge in [-0.1, -0.05) is 23.2 Å². The molecular formula is C15H18Cl2N4O4S2. The highest BCUT2D eigenvalue weighted by molar-refractivity contribution is 7.89. The summed E-state index contributed by atoms with van der Waals surface area (Å²) in [6.45, 7) is 2.15. The first-order chi connectivity index (χ1) is 12.6. The van der Waals surface area contributed by atoms with Gasteiger partial charge in [-0.25, -0.2) is 21.8 Å². The Morgan fingerprint density at radius 1 is 0.963 bits per heavy atom. The van der Waals surface area contributed by atoms with Crippen LogP contribution in [0, 0.1) is 6.92 Å². The highest BCUT2D eigenvalue weighted by Gasteiger charge is 2.33. The molecule has 1 fully saturated rings. The molecule has 1 N–H and O–H groups in total. The largest absolute Gasteiger partial charge is 0.335 e. The van der Waals surface area contributed by atoms with E-state index in [9.17, 15) is 16.8 Å². The minimum atomic E-state index is -3.88. The Morgan fingerprint density at radius 2 is 1.59 bits per heavy atom. The molecule has 1 aliphatic rings. The van der Waals surface area contributed by atoms with Crippen LogP contribution < -0.4 is 0 Å². The maximum atomic E-state index is 13.0. The van der Waals surface area contributed by atoms with Gasteiger partial charge in [0, 0.05) is 31.2 Å². The van der Waals surface area contributed by atoms with Crippen molar-refractivity contribution in [3.8, 4) is 0 Å². The lowest BCUT2D eigenvalue weighted by Crippen LogP contribution is -2.37. The molecule has 0 aliphatic carbocycles. The van der Waals surface area contributed by atoms with Crippen LogP contribution in [0.5, 0.6) is 0 Å². The van der Waals surface area contributed by atoms with Crippen LogP contribution in [0.4, 0.5) is 0 Å². The van der Waals surface area contributed by atoms with Gasteiger partial charge in [-0.2, -0.15) is 8.61 Å². The van der Waals surface area contributed by atoms with Gasteiger partial charge in [-0.05, 0) is 31.0 Å². The van der Waals surface area contributed by atoms with Gasteiger partial charge in [-0.15, -0.1) is 0 Å². The second kappa shape index (κ2) is 7.69. The molecule has 27 heavy (non-hydrogen) atoms. The number of hydrogen-bond donors (Lipinski definition) is 1. The minimum absolute atomic E-state index is 0.0184. The van der Waals surface area contributed by atoms with Gasteiger partial charge in [0.15, 0.2) is 5.03 Å². The van der Waals surface area contributed by atoms with Crippen LogP contribution in [0.25, 0.3) is 0 Å². The smallest absolute Gasteiger partial charge is 0.260 e. The summed E-state index contributed by atoms with van der Waals surface area (Å²) in [5.41, 5.74) is 0.595. The van der Waals surface area contributed by atoms with Crippen molar-refractivity contribution < 1.29 is 16.8 Å². The topological polar surface area (TPSA) is 103 Å². The standard InChI is InChI=1S/C15H18Cl2N4O4S2/c1-11-7-14(13(17)8-12(11)16)26(22,23)20-3-2-4-21(6-5-20)27(24,25)15-9-18-10-19-15/h7-10H,2-6H2,1H3,(H,18,19). The SMILES string of the molecule is Cc1cc(S(=O)(=O)N2CCCN(S(=O)(=O)c3cnc[nH]3)CC2)c(Cl)cc1Cl. The Balaban J connectivity index is 1.85. The molecule has 0 spiro atoms. The maximum absolute atomic E-state index is 13.0. The molecule has 2 aromatic rings. The Morgan fingerprint density at radius 3 is 2.19 bits per heavy atom. The number of aromatic nitrogens is 2. The van der Waals surface area contributed by atoms with Crippen molar-refractivity contribution in [2.75, 3.05) is 26.2 Å². The zero-order chi connectivity index (χ0) is 19.8. The Labute approximate surface area is 168 Å². The van der Waals surface area contributed by atoms with Gasteiger partial charge in [-0.3, -0.25) is 0 Å². The fourth-order valence-electron chi connectivity index (χ4n) is 2.84. The number of benzene rings is 1. The van der Waals surface area contributed by atoms with E-state index in [1.807, 2.05) is 0 Å². The molecule has 12 heteroatoms. The van der Waals surface area contributed by atoms with Crippen LogP contribution in [0.15, 0.2) is 34.6 Å². The Bertz CT molecular complexity index is 1040. The zero-order valence-electron chi connectivity index (χ0n) is 14.4. The molecule has 0 unspecified atom stereocenters. The number of nitrogens with zero attached hydrogens (tertiary/aromatic N) is 3. The van der Waals surface area contributed by atoms with Crippen molar-refractivity contribution in [1.29, 1.82) is 0 Å². The second-order valence-corrected chi connectivity index (χ2v) is 10.7. The van der Waals surface area contributed by atoms with Gasteiger partial charge in [0.25, 0.3) is 10.0 Å². The molecule has 0 amide bonds. The zero-order valence-corrected chi connectivity index (χ0v) is 17.5. The first-order valence-electron chi connectivity index (χ1n) is 8.08. The van der Waals surface area contributed by atoms with E-state index in [0.29, 0.717) is 17.0 Å². The molecule has 1 aliphatic heterocycles. The number of rotatable bonds is 4. The number of aromatic amines is 1. The predicted molar refractivity (Wildman–Crippen MR) is 102 cm³/mol. The average Bonchev–Trinajstić information content (AvgIpc) is 3.02. The fraction of sp³-hybridized carbons (Fsp3) is 0.400. The third-order valence-electron chi connectivity index (χ3n) is 4.34. The second-order valence-electron chi connectivity index (χ2n) is 6.11. The van der Waals surface area contributed by atoms with Crippen molar-refractivity contribution >= 4 is 43.2 Å². The van der Waals surface area contributed by atoms with Crippen LogP contribution in [0.1, 0.15) is 12.0 Å². The number of sulfonamides is 2. The first-order valence-corrected chi connectivity index (χ1v) is 11.7. The monoisotopic (exact) mass is 452 g/mol. The maximum Gasteiger partial charge on any atom is 0.260 e. The molecule has 0 radical (unpaired) electrons. The molecule has 148 valence electrons. The van der Waals surface area contributed by atoms with Crippen LogP contribution in [0.3, 0.4) is 0 Å². The summed E-state index contributed by atoms with van der Waals surface area (Å²) in [5.74, 6) is 0. The lowest BCUT2D eigenvalue weighted by atomic mass is 10.2. The Hall–Kier alpha value is -1.17. The molecule has 1 saturated heterocycles. The molecule has 0 saturated carbocycles. The quantitative estimate of drug-likeness (QED) is 0.764. The number of H-pyrrole nitrogens is 1. The molecular weight excluding hydrogens is 435 g/mol. The predicted octanol–water partition coefficient (Wildman–Crippen LogP) is 2.11. The van der Waals surface area contributed by atoms with Crippen molar-refractivity contribution in [1.82, 2.24) is 18.6 Å². The Kier molecular flexibility index (Phi) is 5.85. The molecule has 3 rings (SSSR count). The van der Waals surface area contributed by atoms with Crippen LogP contribution in [0.2, 0.25) is 10.0 Å². The summed E-state index contributed by atoms with van der Waals surface area (Å²) in [6.07, 6.45) is 2.87. The van der Waals surface area contributed by atoms with E-state index in [2.05, 4.69) is 9.97 Å². The fourth-order valence-corrected chi connectivity index (χ4v) is 6.48. The van der Waals surface area contributed by atoms with E-state index >= 15 is 0 Å². The number of hydrogen-bond acceptors (Lipinski definition) is 5. The third kappa shape index (κ3) is 4.01. The van der Waals surface area contributed by atoms with Gasteiger partial charge in [0.1, 0.15) is 4.90 Å². The summed E-state index contributed by atoms with van der Waals surface area (Å²) >= 11 is 12.1. The van der Waals surface area contributed by atoms with Crippen LogP contribution in [-0.2, 0) is 20.0 Å². The highest BCUT2D eigenvalue weighted by atomic mass is 35.5. The molecule has 0 atom stereocenters. The summed E-state index contributed by atoms with van der Waals surface area (Å²) in [6, 6.07) is 2.84. The minimum Gasteiger partial charge on any atom is -0.335 e. The molecule has 8 nitrogen and oxygen atoms in total. The number of halogens is 2. The van der Waals surface area contributed by atoms with Gasteiger partial charge < -0.3 is 4.98 Å².